The highest BCUT2D eigenvalue weighted by molar-refractivity contribution is 6.32. The van der Waals surface area contributed by atoms with Crippen molar-refractivity contribution in [1.29, 1.82) is 0 Å². The summed E-state index contributed by atoms with van der Waals surface area (Å²) < 4.78 is 10.6. The van der Waals surface area contributed by atoms with Gasteiger partial charge in [-0.05, 0) is 24.5 Å². The lowest BCUT2D eigenvalue weighted by molar-refractivity contribution is 0.141. The zero-order chi connectivity index (χ0) is 12.8. The van der Waals surface area contributed by atoms with Crippen molar-refractivity contribution in [2.75, 3.05) is 20.8 Å². The molecule has 0 aliphatic rings. The molecular formula is C12H18ClNO3. The van der Waals surface area contributed by atoms with E-state index in [9.17, 15) is 0 Å². The molecular weight excluding hydrogens is 242 g/mol. The normalized spacial score (nSPS) is 10.4. The standard InChI is InChI=1S/C12H18ClNO3/c1-4-9-8(5-6-17-14)7-10(13)12(16-3)11(9)15-2/h7H,4-6,14H2,1-3H3. The maximum absolute atomic E-state index is 6.14. The van der Waals surface area contributed by atoms with E-state index in [1.807, 2.05) is 6.07 Å². The molecule has 0 bridgehead atoms. The van der Waals surface area contributed by atoms with Gasteiger partial charge in [0.1, 0.15) is 0 Å². The molecule has 1 aromatic carbocycles. The maximum atomic E-state index is 6.14. The minimum atomic E-state index is 0.443. The lowest BCUT2D eigenvalue weighted by Crippen LogP contribution is -2.07. The van der Waals surface area contributed by atoms with Crippen LogP contribution in [0.2, 0.25) is 5.02 Å². The van der Waals surface area contributed by atoms with Gasteiger partial charge in [0.25, 0.3) is 0 Å². The Morgan fingerprint density at radius 3 is 2.35 bits per heavy atom. The monoisotopic (exact) mass is 259 g/mol. The second-order valence-electron chi connectivity index (χ2n) is 3.54. The summed E-state index contributed by atoms with van der Waals surface area (Å²) in [5.41, 5.74) is 2.14. The molecule has 0 heterocycles. The molecule has 0 saturated heterocycles. The van der Waals surface area contributed by atoms with E-state index >= 15 is 0 Å². The van der Waals surface area contributed by atoms with Crippen LogP contribution >= 0.6 is 11.6 Å². The summed E-state index contributed by atoms with van der Waals surface area (Å²) in [7, 11) is 3.18. The molecule has 1 aromatic rings. The summed E-state index contributed by atoms with van der Waals surface area (Å²) >= 11 is 6.14. The molecule has 0 aromatic heterocycles. The molecule has 0 aliphatic heterocycles. The van der Waals surface area contributed by atoms with Gasteiger partial charge < -0.3 is 14.3 Å². The first kappa shape index (κ1) is 14.1. The average Bonchev–Trinajstić information content (AvgIpc) is 2.35. The number of rotatable bonds is 6. The van der Waals surface area contributed by atoms with Gasteiger partial charge in [-0.15, -0.1) is 0 Å². The molecule has 0 spiro atoms. The fraction of sp³-hybridized carbons (Fsp3) is 0.500. The maximum Gasteiger partial charge on any atom is 0.179 e. The SMILES string of the molecule is CCc1c(CCON)cc(Cl)c(OC)c1OC. The third-order valence-corrected chi connectivity index (χ3v) is 2.92. The fourth-order valence-electron chi connectivity index (χ4n) is 1.88. The van der Waals surface area contributed by atoms with Crippen molar-refractivity contribution in [3.8, 4) is 11.5 Å². The van der Waals surface area contributed by atoms with Crippen molar-refractivity contribution in [2.45, 2.75) is 19.8 Å². The van der Waals surface area contributed by atoms with Crippen LogP contribution in [0.5, 0.6) is 11.5 Å². The zero-order valence-electron chi connectivity index (χ0n) is 10.4. The molecule has 2 N–H and O–H groups in total. The Labute approximate surface area is 107 Å². The minimum absolute atomic E-state index is 0.443. The molecule has 0 amide bonds. The molecule has 4 nitrogen and oxygen atoms in total. The van der Waals surface area contributed by atoms with Crippen molar-refractivity contribution in [1.82, 2.24) is 0 Å². The van der Waals surface area contributed by atoms with Crippen LogP contribution in [-0.4, -0.2) is 20.8 Å². The first-order valence-electron chi connectivity index (χ1n) is 5.43. The number of benzene rings is 1. The zero-order valence-corrected chi connectivity index (χ0v) is 11.1. The van der Waals surface area contributed by atoms with Crippen LogP contribution in [0.1, 0.15) is 18.1 Å². The Morgan fingerprint density at radius 2 is 1.88 bits per heavy atom. The van der Waals surface area contributed by atoms with Crippen LogP contribution < -0.4 is 15.4 Å². The Balaban J connectivity index is 3.26. The van der Waals surface area contributed by atoms with E-state index in [4.69, 9.17) is 27.0 Å². The van der Waals surface area contributed by atoms with Crippen LogP contribution in [0.15, 0.2) is 6.07 Å². The van der Waals surface area contributed by atoms with Gasteiger partial charge in [0, 0.05) is 5.56 Å². The van der Waals surface area contributed by atoms with Crippen molar-refractivity contribution < 1.29 is 14.3 Å². The van der Waals surface area contributed by atoms with Crippen molar-refractivity contribution in [3.05, 3.63) is 22.2 Å². The van der Waals surface area contributed by atoms with E-state index in [0.29, 0.717) is 29.5 Å². The van der Waals surface area contributed by atoms with Gasteiger partial charge in [0.05, 0.1) is 25.8 Å². The lowest BCUT2D eigenvalue weighted by atomic mass is 10.0. The number of halogens is 1. The summed E-state index contributed by atoms with van der Waals surface area (Å²) in [4.78, 5) is 4.60. The second kappa shape index (κ2) is 6.69. The summed E-state index contributed by atoms with van der Waals surface area (Å²) in [5.74, 6) is 6.31. The highest BCUT2D eigenvalue weighted by Crippen LogP contribution is 2.40. The largest absolute Gasteiger partial charge is 0.493 e. The van der Waals surface area contributed by atoms with Crippen molar-refractivity contribution in [3.63, 3.8) is 0 Å². The quantitative estimate of drug-likeness (QED) is 0.797. The predicted octanol–water partition coefficient (Wildman–Crippen LogP) is 2.35. The number of nitrogens with two attached hydrogens (primary N) is 1. The fourth-order valence-corrected chi connectivity index (χ4v) is 2.18. The number of methoxy groups -OCH3 is 2. The van der Waals surface area contributed by atoms with Crippen molar-refractivity contribution >= 4 is 11.6 Å². The molecule has 0 radical (unpaired) electrons. The molecule has 0 atom stereocenters. The third-order valence-electron chi connectivity index (χ3n) is 2.64. The molecule has 0 saturated carbocycles. The van der Waals surface area contributed by atoms with Gasteiger partial charge in [0.15, 0.2) is 11.5 Å². The molecule has 17 heavy (non-hydrogen) atoms. The first-order valence-corrected chi connectivity index (χ1v) is 5.81. The van der Waals surface area contributed by atoms with Crippen LogP contribution in [0.25, 0.3) is 0 Å². The summed E-state index contributed by atoms with van der Waals surface area (Å²) in [5, 5.41) is 0.536. The predicted molar refractivity (Wildman–Crippen MR) is 67.8 cm³/mol. The van der Waals surface area contributed by atoms with E-state index in [1.165, 1.54) is 0 Å². The molecule has 1 rings (SSSR count). The van der Waals surface area contributed by atoms with Gasteiger partial charge in [-0.3, -0.25) is 0 Å². The minimum Gasteiger partial charge on any atom is -0.493 e. The Kier molecular flexibility index (Phi) is 5.55. The van der Waals surface area contributed by atoms with Gasteiger partial charge >= 0.3 is 0 Å². The smallest absolute Gasteiger partial charge is 0.179 e. The van der Waals surface area contributed by atoms with E-state index < -0.39 is 0 Å². The van der Waals surface area contributed by atoms with Gasteiger partial charge in [-0.1, -0.05) is 18.5 Å². The van der Waals surface area contributed by atoms with Crippen molar-refractivity contribution in [2.24, 2.45) is 5.90 Å². The summed E-state index contributed by atoms with van der Waals surface area (Å²) in [6.07, 6.45) is 1.52. The Morgan fingerprint density at radius 1 is 1.24 bits per heavy atom. The van der Waals surface area contributed by atoms with Gasteiger partial charge in [-0.2, -0.15) is 0 Å². The van der Waals surface area contributed by atoms with Crippen LogP contribution in [0.4, 0.5) is 0 Å². The van der Waals surface area contributed by atoms with Gasteiger partial charge in [-0.25, -0.2) is 5.90 Å². The highest BCUT2D eigenvalue weighted by atomic mass is 35.5. The van der Waals surface area contributed by atoms with Crippen LogP contribution in [0.3, 0.4) is 0 Å². The Hall–Kier alpha value is -0.970. The van der Waals surface area contributed by atoms with Crippen LogP contribution in [-0.2, 0) is 17.7 Å². The topological polar surface area (TPSA) is 53.7 Å². The first-order chi connectivity index (χ1) is 8.19. The molecule has 0 aliphatic carbocycles. The molecule has 0 fully saturated rings. The third kappa shape index (κ3) is 3.03. The number of hydrogen-bond donors (Lipinski definition) is 1. The van der Waals surface area contributed by atoms with E-state index in [0.717, 1.165) is 17.5 Å². The molecule has 96 valence electrons. The average molecular weight is 260 g/mol. The van der Waals surface area contributed by atoms with Gasteiger partial charge in [0.2, 0.25) is 0 Å². The summed E-state index contributed by atoms with van der Waals surface area (Å²) in [6.45, 7) is 2.50. The van der Waals surface area contributed by atoms with E-state index in [1.54, 1.807) is 14.2 Å². The Bertz CT molecular complexity index is 383. The van der Waals surface area contributed by atoms with E-state index in [2.05, 4.69) is 11.8 Å². The lowest BCUT2D eigenvalue weighted by Gasteiger charge is -2.17. The summed E-state index contributed by atoms with van der Waals surface area (Å²) in [6, 6.07) is 1.88. The second-order valence-corrected chi connectivity index (χ2v) is 3.94. The molecule has 0 unspecified atom stereocenters. The number of hydrogen-bond acceptors (Lipinski definition) is 4. The molecule has 5 heteroatoms. The van der Waals surface area contributed by atoms with Crippen LogP contribution in [0, 0.1) is 0 Å². The highest BCUT2D eigenvalue weighted by Gasteiger charge is 2.17. The van der Waals surface area contributed by atoms with E-state index in [-0.39, 0.29) is 0 Å². The number of ether oxygens (including phenoxy) is 2.